The molecule has 1 heterocycles. The van der Waals surface area contributed by atoms with Crippen LogP contribution in [0.5, 0.6) is 0 Å². The Morgan fingerprint density at radius 2 is 2.35 bits per heavy atom. The van der Waals surface area contributed by atoms with Crippen molar-refractivity contribution in [2.45, 2.75) is 37.9 Å². The van der Waals surface area contributed by atoms with Crippen molar-refractivity contribution in [3.05, 3.63) is 23.9 Å². The van der Waals surface area contributed by atoms with Crippen LogP contribution in [-0.2, 0) is 10.5 Å². The molecular weight excluding hydrogens is 272 g/mol. The first-order valence-electron chi connectivity index (χ1n) is 7.21. The molecular formula is C15H22N2O2S. The molecule has 2 N–H and O–H groups in total. The molecule has 0 saturated heterocycles. The van der Waals surface area contributed by atoms with Gasteiger partial charge in [0.15, 0.2) is 0 Å². The number of carbonyl (C=O) groups excluding carboxylic acids is 1. The fraction of sp³-hybridized carbons (Fsp3) is 0.600. The number of hydrogen-bond donors (Lipinski definition) is 2. The lowest BCUT2D eigenvalue weighted by Crippen LogP contribution is -2.17. The van der Waals surface area contributed by atoms with E-state index in [1.807, 2.05) is 12.1 Å². The standard InChI is InChI=1S/C15H22N2O2S/c18-8-9-20-11-13-6-7-16-14(10-13)17-15(19)5-4-12-2-1-3-12/h6-7,10,12,18H,1-5,8-9,11H2,(H,16,17,19). The van der Waals surface area contributed by atoms with Gasteiger partial charge >= 0.3 is 0 Å². The molecule has 20 heavy (non-hydrogen) atoms. The molecule has 110 valence electrons. The van der Waals surface area contributed by atoms with Gasteiger partial charge in [0.05, 0.1) is 6.61 Å². The van der Waals surface area contributed by atoms with Gasteiger partial charge in [-0.05, 0) is 30.0 Å². The SMILES string of the molecule is O=C(CCC1CCC1)Nc1cc(CSCCO)ccn1. The van der Waals surface area contributed by atoms with Crippen LogP contribution in [-0.4, -0.2) is 28.4 Å². The minimum absolute atomic E-state index is 0.0598. The molecule has 1 aliphatic carbocycles. The van der Waals surface area contributed by atoms with Crippen molar-refractivity contribution in [3.63, 3.8) is 0 Å². The molecule has 0 radical (unpaired) electrons. The second kappa shape index (κ2) is 8.27. The fourth-order valence-corrected chi connectivity index (χ4v) is 2.90. The summed E-state index contributed by atoms with van der Waals surface area (Å²) in [5, 5.41) is 11.6. The fourth-order valence-electron chi connectivity index (χ4n) is 2.21. The van der Waals surface area contributed by atoms with Crippen LogP contribution in [0.25, 0.3) is 0 Å². The van der Waals surface area contributed by atoms with Gasteiger partial charge in [0.1, 0.15) is 5.82 Å². The molecule has 1 aliphatic rings. The molecule has 4 nitrogen and oxygen atoms in total. The Morgan fingerprint density at radius 3 is 3.05 bits per heavy atom. The van der Waals surface area contributed by atoms with Crippen molar-refractivity contribution in [1.29, 1.82) is 0 Å². The lowest BCUT2D eigenvalue weighted by molar-refractivity contribution is -0.116. The summed E-state index contributed by atoms with van der Waals surface area (Å²) in [6.07, 6.45) is 7.19. The first kappa shape index (κ1) is 15.3. The summed E-state index contributed by atoms with van der Waals surface area (Å²) < 4.78 is 0. The Kier molecular flexibility index (Phi) is 6.33. The molecule has 2 rings (SSSR count). The zero-order valence-corrected chi connectivity index (χ0v) is 12.5. The maximum Gasteiger partial charge on any atom is 0.225 e. The number of nitrogens with zero attached hydrogens (tertiary/aromatic N) is 1. The highest BCUT2D eigenvalue weighted by molar-refractivity contribution is 7.98. The van der Waals surface area contributed by atoms with Crippen LogP contribution >= 0.6 is 11.8 Å². The Balaban J connectivity index is 1.75. The van der Waals surface area contributed by atoms with Gasteiger partial charge in [-0.25, -0.2) is 4.98 Å². The van der Waals surface area contributed by atoms with Gasteiger partial charge in [0.2, 0.25) is 5.91 Å². The van der Waals surface area contributed by atoms with Crippen LogP contribution in [0.2, 0.25) is 0 Å². The number of anilines is 1. The third kappa shape index (κ3) is 5.13. The summed E-state index contributed by atoms with van der Waals surface area (Å²) in [7, 11) is 0. The van der Waals surface area contributed by atoms with Gasteiger partial charge in [-0.15, -0.1) is 0 Å². The molecule has 1 aromatic heterocycles. The minimum Gasteiger partial charge on any atom is -0.396 e. The van der Waals surface area contributed by atoms with Gasteiger partial charge < -0.3 is 10.4 Å². The highest BCUT2D eigenvalue weighted by Crippen LogP contribution is 2.30. The average molecular weight is 294 g/mol. The zero-order valence-electron chi connectivity index (χ0n) is 11.7. The minimum atomic E-state index is 0.0598. The summed E-state index contributed by atoms with van der Waals surface area (Å²) in [6, 6.07) is 3.85. The Hall–Kier alpha value is -1.07. The van der Waals surface area contributed by atoms with Gasteiger partial charge in [0.25, 0.3) is 0 Å². The largest absolute Gasteiger partial charge is 0.396 e. The average Bonchev–Trinajstić information content (AvgIpc) is 2.37. The van der Waals surface area contributed by atoms with Crippen molar-refractivity contribution >= 4 is 23.5 Å². The van der Waals surface area contributed by atoms with E-state index in [1.165, 1.54) is 19.3 Å². The Bertz CT molecular complexity index is 436. The molecule has 1 amide bonds. The maximum absolute atomic E-state index is 11.8. The van der Waals surface area contributed by atoms with Crippen molar-refractivity contribution in [3.8, 4) is 0 Å². The lowest BCUT2D eigenvalue weighted by Gasteiger charge is -2.24. The number of carbonyl (C=O) groups is 1. The van der Waals surface area contributed by atoms with Gasteiger partial charge in [-0.1, -0.05) is 19.3 Å². The van der Waals surface area contributed by atoms with E-state index in [2.05, 4.69) is 10.3 Å². The number of aromatic nitrogens is 1. The molecule has 5 heteroatoms. The van der Waals surface area contributed by atoms with E-state index in [1.54, 1.807) is 18.0 Å². The predicted octanol–water partition coefficient (Wildman–Crippen LogP) is 2.83. The van der Waals surface area contributed by atoms with Crippen molar-refractivity contribution in [2.24, 2.45) is 5.92 Å². The predicted molar refractivity (Wildman–Crippen MR) is 82.7 cm³/mol. The van der Waals surface area contributed by atoms with E-state index < -0.39 is 0 Å². The van der Waals surface area contributed by atoms with Crippen molar-refractivity contribution < 1.29 is 9.90 Å². The number of amides is 1. The van der Waals surface area contributed by atoms with E-state index in [0.717, 1.165) is 29.4 Å². The van der Waals surface area contributed by atoms with Gasteiger partial charge in [0, 0.05) is 24.1 Å². The molecule has 0 aliphatic heterocycles. The topological polar surface area (TPSA) is 62.2 Å². The van der Waals surface area contributed by atoms with Crippen LogP contribution in [0.3, 0.4) is 0 Å². The Labute approximate surface area is 124 Å². The number of aliphatic hydroxyl groups is 1. The van der Waals surface area contributed by atoms with E-state index >= 15 is 0 Å². The monoisotopic (exact) mass is 294 g/mol. The molecule has 1 fully saturated rings. The number of pyridine rings is 1. The first-order valence-corrected chi connectivity index (χ1v) is 8.37. The smallest absolute Gasteiger partial charge is 0.225 e. The summed E-state index contributed by atoms with van der Waals surface area (Å²) in [5.41, 5.74) is 1.12. The second-order valence-corrected chi connectivity index (χ2v) is 6.31. The van der Waals surface area contributed by atoms with E-state index in [0.29, 0.717) is 12.2 Å². The molecule has 0 spiro atoms. The second-order valence-electron chi connectivity index (χ2n) is 5.21. The van der Waals surface area contributed by atoms with Crippen molar-refractivity contribution in [2.75, 3.05) is 17.7 Å². The molecule has 1 aromatic rings. The Morgan fingerprint density at radius 1 is 1.50 bits per heavy atom. The van der Waals surface area contributed by atoms with Crippen LogP contribution in [0.4, 0.5) is 5.82 Å². The number of nitrogens with one attached hydrogen (secondary N) is 1. The number of aliphatic hydroxyl groups excluding tert-OH is 1. The first-order chi connectivity index (χ1) is 9.78. The molecule has 1 saturated carbocycles. The van der Waals surface area contributed by atoms with E-state index in [4.69, 9.17) is 5.11 Å². The van der Waals surface area contributed by atoms with Crippen LogP contribution in [0.1, 0.15) is 37.7 Å². The van der Waals surface area contributed by atoms with Gasteiger partial charge in [-0.2, -0.15) is 11.8 Å². The third-order valence-electron chi connectivity index (χ3n) is 3.60. The normalized spacial score (nSPS) is 14.8. The quantitative estimate of drug-likeness (QED) is 0.724. The van der Waals surface area contributed by atoms with E-state index in [-0.39, 0.29) is 12.5 Å². The highest BCUT2D eigenvalue weighted by atomic mass is 32.2. The van der Waals surface area contributed by atoms with Crippen LogP contribution in [0.15, 0.2) is 18.3 Å². The van der Waals surface area contributed by atoms with Crippen molar-refractivity contribution in [1.82, 2.24) is 4.98 Å². The van der Waals surface area contributed by atoms with E-state index in [9.17, 15) is 4.79 Å². The molecule has 0 aromatic carbocycles. The number of thioether (sulfide) groups is 1. The molecule has 0 unspecified atom stereocenters. The number of rotatable bonds is 8. The summed E-state index contributed by atoms with van der Waals surface area (Å²) in [5.74, 6) is 3.00. The summed E-state index contributed by atoms with van der Waals surface area (Å²) in [4.78, 5) is 16.0. The van der Waals surface area contributed by atoms with Crippen LogP contribution < -0.4 is 5.32 Å². The maximum atomic E-state index is 11.8. The number of hydrogen-bond acceptors (Lipinski definition) is 4. The summed E-state index contributed by atoms with van der Waals surface area (Å²) in [6.45, 7) is 0.195. The van der Waals surface area contributed by atoms with Gasteiger partial charge in [-0.3, -0.25) is 4.79 Å². The third-order valence-corrected chi connectivity index (χ3v) is 4.61. The van der Waals surface area contributed by atoms with Crippen LogP contribution in [0, 0.1) is 5.92 Å². The highest BCUT2D eigenvalue weighted by Gasteiger charge is 2.18. The lowest BCUT2D eigenvalue weighted by atomic mass is 9.82. The summed E-state index contributed by atoms with van der Waals surface area (Å²) >= 11 is 1.67. The zero-order chi connectivity index (χ0) is 14.2. The molecule has 0 atom stereocenters. The molecule has 0 bridgehead atoms.